The molecule has 10 aromatic rings. The van der Waals surface area contributed by atoms with Crippen LogP contribution in [0.4, 0.5) is 68.0 Å². The van der Waals surface area contributed by atoms with Crippen LogP contribution in [0.2, 0.25) is 5.02 Å². The van der Waals surface area contributed by atoms with Gasteiger partial charge >= 0.3 is 6.18 Å². The van der Waals surface area contributed by atoms with E-state index in [1.807, 2.05) is 72.8 Å². The van der Waals surface area contributed by atoms with Crippen LogP contribution in [0, 0.1) is 64.5 Å². The summed E-state index contributed by atoms with van der Waals surface area (Å²) in [5.74, 6) is -15.5. The van der Waals surface area contributed by atoms with Crippen LogP contribution in [0.15, 0.2) is 237 Å². The van der Waals surface area contributed by atoms with Crippen molar-refractivity contribution in [3.8, 4) is 17.2 Å². The molecular formula is C95H90ClF9N10O13. The Morgan fingerprint density at radius 3 is 1.01 bits per heavy atom. The van der Waals surface area contributed by atoms with Crippen molar-refractivity contribution in [3.63, 3.8) is 0 Å². The van der Waals surface area contributed by atoms with Crippen molar-refractivity contribution < 1.29 is 102 Å². The van der Waals surface area contributed by atoms with Gasteiger partial charge in [0, 0.05) is 74.4 Å². The summed E-state index contributed by atoms with van der Waals surface area (Å²) in [5.41, 5.74) is 2.28. The summed E-state index contributed by atoms with van der Waals surface area (Å²) in [7, 11) is 6.31. The lowest BCUT2D eigenvalue weighted by Gasteiger charge is -2.35. The highest BCUT2D eigenvalue weighted by atomic mass is 35.5. The molecule has 23 nitrogen and oxygen atoms in total. The number of alkyl halides is 3. The lowest BCUT2D eigenvalue weighted by atomic mass is 9.79. The molecule has 5 aliphatic heterocycles. The number of rotatable bonds is 18. The number of halogens is 10. The number of carbonyl (C=O) groups excluding carboxylic acids is 10. The standard InChI is InChI=1S/C20H19F3N2O3.C20H21FN2O3.C19H19FN2O3.C18H15ClF2N2O2.C18H16F2N2O2/c1-28-13-6-4-5-12(11-13)14-9-10-24-18(26)17(14)19(27)25-16-8-3-2-7-15(16)20(21,22)23;1-23-11-10-15(13-6-5-7-14(12-13)26-2)18(20(23)25)19(24)22-17-9-4-3-8-16(17)21;1-25-13-6-4-5-12(11-13)14-9-10-21-18(23)17(14)19(24)22-16-8-3-2-7-15(16)20;19-11-4-1-3-10(9-11)12-7-8-22-17(24)15(12)18(25)23-14-6-2-5-13(20)16(14)21;19-13-7-4-8-14(16(13)20)22-18(24)15-12(9-10-21-17(15)23)11-5-2-1-3-6-11/h2-8,11,14,17H,9-10H2,1H3,(H,24,26)(H,25,27);3-9,12,15,18H,10-11H2,1-2H3,(H,22,24);2-8,11,14,17H,9-10H2,1H3,(H,21,23)(H,22,24);1-6,9,12,15H,7-8H2,(H,22,24)(H,23,25);1-8,12,15H,9-10H2,(H,21,23)(H,22,24)/t;;;12-,15-;/m...1./s1. The van der Waals surface area contributed by atoms with Gasteiger partial charge in [0.25, 0.3) is 0 Å². The highest BCUT2D eigenvalue weighted by Crippen LogP contribution is 2.42. The maximum Gasteiger partial charge on any atom is 0.418 e. The average molecular weight is 1790 g/mol. The van der Waals surface area contributed by atoms with Crippen LogP contribution in [0.25, 0.3) is 0 Å². The minimum atomic E-state index is -4.62. The van der Waals surface area contributed by atoms with Crippen LogP contribution < -0.4 is 62.1 Å². The molecule has 0 saturated carbocycles. The number of carbonyl (C=O) groups is 10. The fraction of sp³-hybridized carbons (Fsp3) is 0.263. The van der Waals surface area contributed by atoms with Crippen molar-refractivity contribution >= 4 is 99.1 Å². The van der Waals surface area contributed by atoms with Crippen LogP contribution in [0.3, 0.4) is 0 Å². The van der Waals surface area contributed by atoms with Crippen molar-refractivity contribution in [2.45, 2.75) is 67.9 Å². The number of nitrogens with zero attached hydrogens (tertiary/aromatic N) is 1. The quantitative estimate of drug-likeness (QED) is 0.0285. The van der Waals surface area contributed by atoms with Crippen molar-refractivity contribution in [1.82, 2.24) is 26.2 Å². The number of nitrogens with one attached hydrogen (secondary N) is 9. The van der Waals surface area contributed by atoms with Gasteiger partial charge in [-0.3, -0.25) is 47.9 Å². The lowest BCUT2D eigenvalue weighted by molar-refractivity contribution is -0.143. The molecule has 9 N–H and O–H groups in total. The number of ether oxygens (including phenoxy) is 3. The normalized spacial score (nSPS) is 20.0. The highest BCUT2D eigenvalue weighted by Gasteiger charge is 2.46. The number of para-hydroxylation sites is 3. The molecule has 10 amide bonds. The van der Waals surface area contributed by atoms with Gasteiger partial charge in [-0.05, 0) is 169 Å². The van der Waals surface area contributed by atoms with Crippen LogP contribution >= 0.6 is 11.6 Å². The molecule has 33 heteroatoms. The maximum absolute atomic E-state index is 13.9. The molecule has 10 aromatic carbocycles. The van der Waals surface area contributed by atoms with Gasteiger partial charge in [-0.25, -0.2) is 26.3 Å². The van der Waals surface area contributed by atoms with E-state index in [0.29, 0.717) is 87.1 Å². The van der Waals surface area contributed by atoms with Crippen LogP contribution in [0.5, 0.6) is 17.2 Å². The minimum absolute atomic E-state index is 0.0651. The van der Waals surface area contributed by atoms with Gasteiger partial charge in [0.2, 0.25) is 59.1 Å². The van der Waals surface area contributed by atoms with Gasteiger partial charge in [0.15, 0.2) is 23.3 Å². The Bertz CT molecular complexity index is 5670. The largest absolute Gasteiger partial charge is 0.497 e. The molecule has 15 rings (SSSR count). The predicted molar refractivity (Wildman–Crippen MR) is 461 cm³/mol. The number of benzene rings is 10. The summed E-state index contributed by atoms with van der Waals surface area (Å²) in [4.78, 5) is 127. The molecule has 0 aromatic heterocycles. The lowest BCUT2D eigenvalue weighted by Crippen LogP contribution is -2.47. The first-order chi connectivity index (χ1) is 61.5. The molecule has 5 fully saturated rings. The van der Waals surface area contributed by atoms with Crippen molar-refractivity contribution in [1.29, 1.82) is 0 Å². The Labute approximate surface area is 735 Å². The monoisotopic (exact) mass is 1780 g/mol. The third-order valence-corrected chi connectivity index (χ3v) is 22.5. The molecule has 5 aliphatic rings. The van der Waals surface area contributed by atoms with Crippen molar-refractivity contribution in [3.05, 3.63) is 310 Å². The average Bonchev–Trinajstić information content (AvgIpc) is 0.766. The second kappa shape index (κ2) is 44.2. The Morgan fingerprint density at radius 2 is 0.633 bits per heavy atom. The fourth-order valence-corrected chi connectivity index (χ4v) is 16.0. The molecule has 128 heavy (non-hydrogen) atoms. The van der Waals surface area contributed by atoms with Crippen molar-refractivity contribution in [2.24, 2.45) is 29.6 Å². The zero-order valence-electron chi connectivity index (χ0n) is 69.4. The van der Waals surface area contributed by atoms with Gasteiger partial charge in [0.1, 0.15) is 58.5 Å². The van der Waals surface area contributed by atoms with Gasteiger partial charge in [0.05, 0.1) is 55.3 Å². The number of amides is 10. The van der Waals surface area contributed by atoms with Gasteiger partial charge in [-0.15, -0.1) is 0 Å². The summed E-state index contributed by atoms with van der Waals surface area (Å²) in [5, 5.41) is 23.2. The smallest absolute Gasteiger partial charge is 0.418 e. The Balaban J connectivity index is 0.000000155. The van der Waals surface area contributed by atoms with E-state index >= 15 is 0 Å². The highest BCUT2D eigenvalue weighted by molar-refractivity contribution is 6.30. The predicted octanol–water partition coefficient (Wildman–Crippen LogP) is 15.6. The van der Waals surface area contributed by atoms with E-state index in [1.54, 1.807) is 99.0 Å². The molecule has 668 valence electrons. The first-order valence-electron chi connectivity index (χ1n) is 40.6. The molecule has 8 unspecified atom stereocenters. The molecule has 0 aliphatic carbocycles. The zero-order chi connectivity index (χ0) is 91.9. The van der Waals surface area contributed by atoms with Crippen LogP contribution in [0.1, 0.15) is 95.1 Å². The number of likely N-dealkylation sites (tertiary alicyclic amines) is 1. The van der Waals surface area contributed by atoms with E-state index in [4.69, 9.17) is 25.8 Å². The topological polar surface area (TPSA) is 310 Å². The third-order valence-electron chi connectivity index (χ3n) is 22.2. The van der Waals surface area contributed by atoms with Crippen LogP contribution in [-0.2, 0) is 54.1 Å². The molecular weight excluding hydrogens is 1700 g/mol. The number of piperidine rings is 5. The molecule has 10 atom stereocenters. The van der Waals surface area contributed by atoms with E-state index in [2.05, 4.69) is 47.9 Å². The number of hydrogen-bond donors (Lipinski definition) is 9. The van der Waals surface area contributed by atoms with Gasteiger partial charge in [-0.2, -0.15) is 13.2 Å². The van der Waals surface area contributed by atoms with E-state index in [1.165, 1.54) is 79.9 Å². The van der Waals surface area contributed by atoms with E-state index < -0.39 is 135 Å². The number of methoxy groups -OCH3 is 3. The Morgan fingerprint density at radius 1 is 0.344 bits per heavy atom. The fourth-order valence-electron chi connectivity index (χ4n) is 15.8. The summed E-state index contributed by atoms with van der Waals surface area (Å²) in [6.07, 6.45) is -1.74. The van der Waals surface area contributed by atoms with E-state index in [9.17, 15) is 87.5 Å². The number of anilines is 5. The molecule has 0 bridgehead atoms. The molecule has 0 radical (unpaired) electrons. The summed E-state index contributed by atoms with van der Waals surface area (Å²) in [6.45, 7) is 2.32. The second-order valence-corrected chi connectivity index (χ2v) is 30.7. The van der Waals surface area contributed by atoms with Gasteiger partial charge < -0.3 is 67.0 Å². The van der Waals surface area contributed by atoms with Gasteiger partial charge in [-0.1, -0.05) is 139 Å². The first kappa shape index (κ1) is 94.6. The summed E-state index contributed by atoms with van der Waals surface area (Å²) in [6, 6.07) is 61.3. The minimum Gasteiger partial charge on any atom is -0.497 e. The van der Waals surface area contributed by atoms with Crippen molar-refractivity contribution in [2.75, 3.05) is 87.7 Å². The summed E-state index contributed by atoms with van der Waals surface area (Å²) < 4.78 is 137. The van der Waals surface area contributed by atoms with E-state index in [0.717, 1.165) is 46.0 Å². The number of hydrogen-bond acceptors (Lipinski definition) is 13. The molecule has 5 saturated heterocycles. The Kier molecular flexibility index (Phi) is 32.7. The third kappa shape index (κ3) is 23.9. The SMILES string of the molecule is COc1cccc(C2CCN(C)C(=O)C2C(=O)Nc2ccccc2F)c1.COc1cccc(C2CCNC(=O)C2C(=O)Nc2ccccc2C(F)(F)F)c1.COc1cccc(C2CCNC(=O)C2C(=O)Nc2ccccc2F)c1.O=C1NCCC(c2ccccc2)C1C(=O)Nc1cccc(F)c1F.O=C1NCC[C@H](c2cccc(Cl)c2)[C@H]1C(=O)Nc1cccc(F)c1F. The second-order valence-electron chi connectivity index (χ2n) is 30.2. The maximum atomic E-state index is 13.9. The summed E-state index contributed by atoms with van der Waals surface area (Å²) >= 11 is 6.00. The van der Waals surface area contributed by atoms with Crippen LogP contribution in [-0.4, -0.2) is 125 Å². The zero-order valence-corrected chi connectivity index (χ0v) is 70.2. The molecule has 5 heterocycles. The Hall–Kier alpha value is -14.0. The van der Waals surface area contributed by atoms with E-state index in [-0.39, 0.29) is 58.0 Å². The first-order valence-corrected chi connectivity index (χ1v) is 41.0. The molecule has 0 spiro atoms.